The van der Waals surface area contributed by atoms with Crippen molar-refractivity contribution in [3.63, 3.8) is 0 Å². The minimum Gasteiger partial charge on any atom is -0.419 e. The van der Waals surface area contributed by atoms with Crippen molar-refractivity contribution in [3.05, 3.63) is 70.0 Å². The summed E-state index contributed by atoms with van der Waals surface area (Å²) in [7, 11) is 0. The second-order valence-corrected chi connectivity index (χ2v) is 5.68. The minimum absolute atomic E-state index is 0.116. The largest absolute Gasteiger partial charge is 0.419 e. The summed E-state index contributed by atoms with van der Waals surface area (Å²) in [5.41, 5.74) is 0.571. The maximum absolute atomic E-state index is 13.0. The van der Waals surface area contributed by atoms with Gasteiger partial charge in [0.2, 0.25) is 0 Å². The quantitative estimate of drug-likeness (QED) is 0.514. The molecule has 24 heavy (non-hydrogen) atoms. The fraction of sp³-hybridized carbons (Fsp3) is 0.0625. The molecule has 2 aromatic carbocycles. The van der Waals surface area contributed by atoms with Crippen LogP contribution in [0.1, 0.15) is 16.4 Å². The summed E-state index contributed by atoms with van der Waals surface area (Å²) in [5, 5.41) is 4.71. The Balaban J connectivity index is 1.87. The Bertz CT molecular complexity index is 910. The molecule has 0 fully saturated rings. The highest BCUT2D eigenvalue weighted by atomic mass is 35.5. The molecule has 0 atom stereocenters. The van der Waals surface area contributed by atoms with Gasteiger partial charge in [-0.1, -0.05) is 23.2 Å². The van der Waals surface area contributed by atoms with Crippen molar-refractivity contribution in [2.75, 3.05) is 0 Å². The highest BCUT2D eigenvalue weighted by Crippen LogP contribution is 2.28. The van der Waals surface area contributed by atoms with Crippen molar-refractivity contribution in [2.24, 2.45) is 0 Å². The van der Waals surface area contributed by atoms with Gasteiger partial charge in [-0.25, -0.2) is 18.9 Å². The van der Waals surface area contributed by atoms with E-state index in [0.717, 1.165) is 0 Å². The predicted octanol–water partition coefficient (Wildman–Crippen LogP) is 4.24. The number of aryl methyl sites for hydroxylation is 1. The average Bonchev–Trinajstić information content (AvgIpc) is 2.94. The van der Waals surface area contributed by atoms with Gasteiger partial charge in [0.1, 0.15) is 11.6 Å². The molecular weight excluding hydrogens is 356 g/mol. The molecule has 0 aliphatic heterocycles. The summed E-state index contributed by atoms with van der Waals surface area (Å²) in [6.45, 7) is 1.67. The molecule has 0 saturated carbocycles. The number of rotatable bonds is 3. The summed E-state index contributed by atoms with van der Waals surface area (Å²) in [6, 6.07) is 10.2. The molecule has 5 nitrogen and oxygen atoms in total. The zero-order valence-electron chi connectivity index (χ0n) is 12.3. The molecular formula is C16H10Cl2FN3O2. The maximum atomic E-state index is 13.0. The normalized spacial score (nSPS) is 10.7. The van der Waals surface area contributed by atoms with Crippen molar-refractivity contribution in [2.45, 2.75) is 6.92 Å². The topological polar surface area (TPSA) is 57.0 Å². The van der Waals surface area contributed by atoms with Crippen LogP contribution in [0.2, 0.25) is 10.0 Å². The van der Waals surface area contributed by atoms with Crippen LogP contribution >= 0.6 is 23.2 Å². The van der Waals surface area contributed by atoms with Crippen LogP contribution in [0.25, 0.3) is 5.69 Å². The van der Waals surface area contributed by atoms with Crippen LogP contribution in [-0.2, 0) is 0 Å². The van der Waals surface area contributed by atoms with E-state index >= 15 is 0 Å². The molecule has 0 unspecified atom stereocenters. The van der Waals surface area contributed by atoms with Gasteiger partial charge < -0.3 is 4.74 Å². The van der Waals surface area contributed by atoms with E-state index in [4.69, 9.17) is 27.9 Å². The zero-order valence-corrected chi connectivity index (χ0v) is 13.8. The SMILES string of the molecule is Cc1nc(C(=O)Oc2cc(Cl)ccc2Cl)nn1-c1ccc(F)cc1. The number of ether oxygens (including phenoxy) is 1. The smallest absolute Gasteiger partial charge is 0.383 e. The lowest BCUT2D eigenvalue weighted by Crippen LogP contribution is -2.11. The molecule has 0 aliphatic carbocycles. The first-order chi connectivity index (χ1) is 11.4. The molecule has 8 heteroatoms. The fourth-order valence-corrected chi connectivity index (χ4v) is 2.32. The van der Waals surface area contributed by atoms with Gasteiger partial charge in [-0.05, 0) is 43.3 Å². The van der Waals surface area contributed by atoms with Crippen LogP contribution < -0.4 is 4.74 Å². The van der Waals surface area contributed by atoms with E-state index in [2.05, 4.69) is 10.1 Å². The van der Waals surface area contributed by atoms with Crippen LogP contribution in [-0.4, -0.2) is 20.7 Å². The lowest BCUT2D eigenvalue weighted by atomic mass is 10.3. The minimum atomic E-state index is -0.775. The molecule has 3 aromatic rings. The highest BCUT2D eigenvalue weighted by Gasteiger charge is 2.19. The van der Waals surface area contributed by atoms with E-state index in [0.29, 0.717) is 16.5 Å². The summed E-state index contributed by atoms with van der Waals surface area (Å²) >= 11 is 11.8. The van der Waals surface area contributed by atoms with Gasteiger partial charge in [-0.2, -0.15) is 0 Å². The van der Waals surface area contributed by atoms with Gasteiger partial charge >= 0.3 is 5.97 Å². The number of hydrogen-bond donors (Lipinski definition) is 0. The summed E-state index contributed by atoms with van der Waals surface area (Å²) < 4.78 is 19.6. The molecule has 0 bridgehead atoms. The van der Waals surface area contributed by atoms with Crippen molar-refractivity contribution < 1.29 is 13.9 Å². The second kappa shape index (κ2) is 6.59. The Morgan fingerprint density at radius 1 is 1.17 bits per heavy atom. The first-order valence-electron chi connectivity index (χ1n) is 6.81. The van der Waals surface area contributed by atoms with Crippen LogP contribution in [0.5, 0.6) is 5.75 Å². The Hall–Kier alpha value is -2.44. The molecule has 1 heterocycles. The second-order valence-electron chi connectivity index (χ2n) is 4.84. The molecule has 0 saturated heterocycles. The lowest BCUT2D eigenvalue weighted by Gasteiger charge is -2.04. The molecule has 3 rings (SSSR count). The molecule has 0 aliphatic rings. The van der Waals surface area contributed by atoms with E-state index < -0.39 is 5.97 Å². The van der Waals surface area contributed by atoms with E-state index in [1.807, 2.05) is 0 Å². The maximum Gasteiger partial charge on any atom is 0.383 e. The number of nitrogens with zero attached hydrogens (tertiary/aromatic N) is 3. The Kier molecular flexibility index (Phi) is 4.51. The van der Waals surface area contributed by atoms with Crippen molar-refractivity contribution in [3.8, 4) is 11.4 Å². The Morgan fingerprint density at radius 2 is 1.88 bits per heavy atom. The van der Waals surface area contributed by atoms with E-state index in [1.54, 1.807) is 13.0 Å². The van der Waals surface area contributed by atoms with E-state index in [-0.39, 0.29) is 22.4 Å². The van der Waals surface area contributed by atoms with Crippen LogP contribution in [0.3, 0.4) is 0 Å². The number of carbonyl (C=O) groups excluding carboxylic acids is 1. The lowest BCUT2D eigenvalue weighted by molar-refractivity contribution is 0.0722. The fourth-order valence-electron chi connectivity index (χ4n) is 2.00. The monoisotopic (exact) mass is 365 g/mol. The van der Waals surface area contributed by atoms with Gasteiger partial charge in [-0.3, -0.25) is 0 Å². The molecule has 1 aromatic heterocycles. The van der Waals surface area contributed by atoms with E-state index in [1.165, 1.54) is 41.1 Å². The van der Waals surface area contributed by atoms with Crippen LogP contribution in [0, 0.1) is 12.7 Å². The van der Waals surface area contributed by atoms with E-state index in [9.17, 15) is 9.18 Å². The van der Waals surface area contributed by atoms with Gasteiger partial charge in [0.05, 0.1) is 10.7 Å². The number of halogens is 3. The molecule has 0 spiro atoms. The molecule has 0 N–H and O–H groups in total. The summed E-state index contributed by atoms with van der Waals surface area (Å²) in [5.74, 6) is -0.724. The van der Waals surface area contributed by atoms with Crippen LogP contribution in [0.15, 0.2) is 42.5 Å². The molecule has 122 valence electrons. The number of carbonyl (C=O) groups is 1. The van der Waals surface area contributed by atoms with Gasteiger partial charge in [0, 0.05) is 11.1 Å². The Labute approximate surface area is 146 Å². The summed E-state index contributed by atoms with van der Waals surface area (Å²) in [6.07, 6.45) is 0. The Morgan fingerprint density at radius 3 is 2.58 bits per heavy atom. The molecule has 0 radical (unpaired) electrons. The number of aromatic nitrogens is 3. The predicted molar refractivity (Wildman–Crippen MR) is 87.5 cm³/mol. The first-order valence-corrected chi connectivity index (χ1v) is 7.56. The molecule has 0 amide bonds. The van der Waals surface area contributed by atoms with Crippen molar-refractivity contribution >= 4 is 29.2 Å². The average molecular weight is 366 g/mol. The number of hydrogen-bond acceptors (Lipinski definition) is 4. The standard InChI is InChI=1S/C16H10Cl2FN3O2/c1-9-20-15(21-22(9)12-5-3-11(19)4-6-12)16(23)24-14-8-10(17)2-7-13(14)18/h2-8H,1H3. The number of esters is 1. The third kappa shape index (κ3) is 3.39. The first kappa shape index (κ1) is 16.4. The third-order valence-corrected chi connectivity index (χ3v) is 3.67. The van der Waals surface area contributed by atoms with Gasteiger partial charge in [0.25, 0.3) is 5.82 Å². The van der Waals surface area contributed by atoms with Gasteiger partial charge in [0.15, 0.2) is 5.75 Å². The third-order valence-electron chi connectivity index (χ3n) is 3.12. The van der Waals surface area contributed by atoms with Crippen LogP contribution in [0.4, 0.5) is 4.39 Å². The number of benzene rings is 2. The van der Waals surface area contributed by atoms with Gasteiger partial charge in [-0.15, -0.1) is 5.10 Å². The zero-order chi connectivity index (χ0) is 17.3. The highest BCUT2D eigenvalue weighted by molar-refractivity contribution is 6.34. The van der Waals surface area contributed by atoms with Crippen molar-refractivity contribution in [1.82, 2.24) is 14.8 Å². The summed E-state index contributed by atoms with van der Waals surface area (Å²) in [4.78, 5) is 16.3. The van der Waals surface area contributed by atoms with Crippen molar-refractivity contribution in [1.29, 1.82) is 0 Å².